The summed E-state index contributed by atoms with van der Waals surface area (Å²) < 4.78 is 0. The summed E-state index contributed by atoms with van der Waals surface area (Å²) in [6, 6.07) is 9.53. The molecule has 6 heteroatoms. The second kappa shape index (κ2) is 5.97. The number of nitrogens with zero attached hydrogens (tertiary/aromatic N) is 2. The first kappa shape index (κ1) is 13.0. The van der Waals surface area contributed by atoms with Gasteiger partial charge in [-0.3, -0.25) is 9.78 Å². The van der Waals surface area contributed by atoms with Crippen LogP contribution < -0.4 is 5.43 Å². The second-order valence-corrected chi connectivity index (χ2v) is 4.05. The highest BCUT2D eigenvalue weighted by Gasteiger charge is 2.04. The molecule has 2 rings (SSSR count). The first-order chi connectivity index (χ1) is 9.16. The van der Waals surface area contributed by atoms with Crippen molar-refractivity contribution in [3.63, 3.8) is 0 Å². The highest BCUT2D eigenvalue weighted by molar-refractivity contribution is 6.30. The third-order valence-corrected chi connectivity index (χ3v) is 2.49. The molecule has 0 atom stereocenters. The number of phenolic OH excluding ortho intramolecular Hbond substituents is 1. The number of hydrogen-bond donors (Lipinski definition) is 2. The van der Waals surface area contributed by atoms with Crippen molar-refractivity contribution in [2.24, 2.45) is 5.10 Å². The van der Waals surface area contributed by atoms with Gasteiger partial charge in [0.15, 0.2) is 0 Å². The van der Waals surface area contributed by atoms with Crippen molar-refractivity contribution < 1.29 is 9.90 Å². The quantitative estimate of drug-likeness (QED) is 0.666. The fraction of sp³-hybridized carbons (Fsp3) is 0. The number of pyridine rings is 1. The molecule has 2 N–H and O–H groups in total. The molecule has 1 aromatic carbocycles. The minimum Gasteiger partial charge on any atom is -0.507 e. The van der Waals surface area contributed by atoms with Crippen molar-refractivity contribution in [2.45, 2.75) is 0 Å². The molecule has 0 aliphatic rings. The number of amides is 1. The van der Waals surface area contributed by atoms with Gasteiger partial charge in [0.1, 0.15) is 11.4 Å². The third-order valence-electron chi connectivity index (χ3n) is 2.26. The van der Waals surface area contributed by atoms with E-state index in [1.54, 1.807) is 24.3 Å². The Kier molecular flexibility index (Phi) is 4.10. The van der Waals surface area contributed by atoms with Crippen molar-refractivity contribution in [3.8, 4) is 5.75 Å². The van der Waals surface area contributed by atoms with Gasteiger partial charge in [-0.15, -0.1) is 0 Å². The first-order valence-corrected chi connectivity index (χ1v) is 5.77. The molecule has 19 heavy (non-hydrogen) atoms. The molecule has 5 nitrogen and oxygen atoms in total. The van der Waals surface area contributed by atoms with Crippen LogP contribution in [0, 0.1) is 0 Å². The van der Waals surface area contributed by atoms with Crippen LogP contribution >= 0.6 is 11.6 Å². The summed E-state index contributed by atoms with van der Waals surface area (Å²) in [5.41, 5.74) is 2.98. The highest BCUT2D eigenvalue weighted by atomic mass is 35.5. The molecule has 0 aliphatic heterocycles. The zero-order chi connectivity index (χ0) is 13.7. The number of carbonyl (C=O) groups is 1. The van der Waals surface area contributed by atoms with Crippen LogP contribution in [0.3, 0.4) is 0 Å². The number of phenols is 1. The second-order valence-electron chi connectivity index (χ2n) is 3.62. The van der Waals surface area contributed by atoms with E-state index in [0.29, 0.717) is 10.6 Å². The van der Waals surface area contributed by atoms with Gasteiger partial charge in [-0.2, -0.15) is 5.10 Å². The van der Waals surface area contributed by atoms with Gasteiger partial charge in [0.2, 0.25) is 0 Å². The van der Waals surface area contributed by atoms with Crippen molar-refractivity contribution in [1.82, 2.24) is 10.4 Å². The summed E-state index contributed by atoms with van der Waals surface area (Å²) in [5, 5.41) is 13.7. The van der Waals surface area contributed by atoms with E-state index in [-0.39, 0.29) is 11.4 Å². The Hall–Kier alpha value is -2.40. The van der Waals surface area contributed by atoms with Gasteiger partial charge in [0.05, 0.1) is 6.21 Å². The molecule has 1 amide bonds. The van der Waals surface area contributed by atoms with E-state index in [1.165, 1.54) is 24.5 Å². The van der Waals surface area contributed by atoms with Gasteiger partial charge in [0.25, 0.3) is 5.91 Å². The molecule has 0 aliphatic carbocycles. The van der Waals surface area contributed by atoms with Gasteiger partial charge in [0, 0.05) is 16.8 Å². The molecule has 0 saturated carbocycles. The fourth-order valence-corrected chi connectivity index (χ4v) is 1.52. The summed E-state index contributed by atoms with van der Waals surface area (Å²) in [6.07, 6.45) is 2.82. The Morgan fingerprint density at radius 2 is 2.21 bits per heavy atom. The van der Waals surface area contributed by atoms with Crippen molar-refractivity contribution in [1.29, 1.82) is 0 Å². The van der Waals surface area contributed by atoms with Gasteiger partial charge in [-0.1, -0.05) is 17.7 Å². The van der Waals surface area contributed by atoms with Crippen LogP contribution in [0.25, 0.3) is 0 Å². The average Bonchev–Trinajstić information content (AvgIpc) is 2.43. The van der Waals surface area contributed by atoms with Gasteiger partial charge < -0.3 is 5.11 Å². The summed E-state index contributed by atoms with van der Waals surface area (Å²) >= 11 is 5.78. The van der Waals surface area contributed by atoms with Crippen LogP contribution in [-0.4, -0.2) is 22.2 Å². The van der Waals surface area contributed by atoms with Crippen LogP contribution in [0.4, 0.5) is 0 Å². The van der Waals surface area contributed by atoms with Crippen LogP contribution in [0.15, 0.2) is 47.7 Å². The maximum absolute atomic E-state index is 11.6. The summed E-state index contributed by atoms with van der Waals surface area (Å²) in [6.45, 7) is 0. The molecule has 2 aromatic rings. The minimum atomic E-state index is -0.432. The lowest BCUT2D eigenvalue weighted by molar-refractivity contribution is 0.0950. The molecule has 0 fully saturated rings. The molecule has 0 unspecified atom stereocenters. The monoisotopic (exact) mass is 275 g/mol. The zero-order valence-electron chi connectivity index (χ0n) is 9.75. The van der Waals surface area contributed by atoms with Crippen LogP contribution in [0.2, 0.25) is 5.02 Å². The molecule has 1 aromatic heterocycles. The number of hydrazone groups is 1. The predicted molar refractivity (Wildman–Crippen MR) is 72.4 cm³/mol. The predicted octanol–water partition coefficient (Wildman–Crippen LogP) is 2.20. The summed E-state index contributed by atoms with van der Waals surface area (Å²) in [5.74, 6) is -0.404. The van der Waals surface area contributed by atoms with Crippen molar-refractivity contribution in [2.75, 3.05) is 0 Å². The lowest BCUT2D eigenvalue weighted by atomic mass is 10.2. The number of rotatable bonds is 3. The molecule has 0 spiro atoms. The molecule has 0 bridgehead atoms. The number of carbonyl (C=O) groups excluding carboxylic acids is 1. The van der Waals surface area contributed by atoms with E-state index >= 15 is 0 Å². The average molecular weight is 276 g/mol. The number of benzene rings is 1. The Labute approximate surface area is 114 Å². The summed E-state index contributed by atoms with van der Waals surface area (Å²) in [4.78, 5) is 15.5. The topological polar surface area (TPSA) is 74.6 Å². The maximum atomic E-state index is 11.6. The normalized spacial score (nSPS) is 10.6. The lowest BCUT2D eigenvalue weighted by Gasteiger charge is -2.00. The maximum Gasteiger partial charge on any atom is 0.289 e. The van der Waals surface area contributed by atoms with E-state index in [4.69, 9.17) is 11.6 Å². The Bertz CT molecular complexity index is 615. The third kappa shape index (κ3) is 3.53. The van der Waals surface area contributed by atoms with Gasteiger partial charge in [-0.05, 0) is 30.3 Å². The van der Waals surface area contributed by atoms with Crippen LogP contribution in [0.5, 0.6) is 5.75 Å². The largest absolute Gasteiger partial charge is 0.507 e. The number of hydrogen-bond acceptors (Lipinski definition) is 4. The Morgan fingerprint density at radius 1 is 1.37 bits per heavy atom. The fourth-order valence-electron chi connectivity index (χ4n) is 1.34. The molecule has 0 radical (unpaired) electrons. The van der Waals surface area contributed by atoms with Crippen LogP contribution in [0.1, 0.15) is 16.1 Å². The van der Waals surface area contributed by atoms with Crippen LogP contribution in [-0.2, 0) is 0 Å². The van der Waals surface area contributed by atoms with E-state index in [2.05, 4.69) is 15.5 Å². The SMILES string of the molecule is O=C(N/N=C/c1cc(Cl)ccc1O)c1ccccn1. The van der Waals surface area contributed by atoms with Crippen molar-refractivity contribution in [3.05, 3.63) is 58.9 Å². The molecule has 1 heterocycles. The van der Waals surface area contributed by atoms with Gasteiger partial charge >= 0.3 is 0 Å². The molecule has 96 valence electrons. The van der Waals surface area contributed by atoms with Gasteiger partial charge in [-0.25, -0.2) is 5.43 Å². The van der Waals surface area contributed by atoms with E-state index in [1.807, 2.05) is 0 Å². The van der Waals surface area contributed by atoms with E-state index < -0.39 is 5.91 Å². The number of nitrogens with one attached hydrogen (secondary N) is 1. The van der Waals surface area contributed by atoms with E-state index in [0.717, 1.165) is 0 Å². The number of aromatic hydroxyl groups is 1. The van der Waals surface area contributed by atoms with E-state index in [9.17, 15) is 9.90 Å². The standard InChI is InChI=1S/C13H10ClN3O2/c14-10-4-5-12(18)9(7-10)8-16-17-13(19)11-3-1-2-6-15-11/h1-8,18H,(H,17,19)/b16-8+. The number of aromatic nitrogens is 1. The Balaban J connectivity index is 2.04. The smallest absolute Gasteiger partial charge is 0.289 e. The lowest BCUT2D eigenvalue weighted by Crippen LogP contribution is -2.18. The van der Waals surface area contributed by atoms with Crippen molar-refractivity contribution >= 4 is 23.7 Å². The highest BCUT2D eigenvalue weighted by Crippen LogP contribution is 2.19. The minimum absolute atomic E-state index is 0.0280. The molecular weight excluding hydrogens is 266 g/mol. The Morgan fingerprint density at radius 3 is 2.95 bits per heavy atom. The first-order valence-electron chi connectivity index (χ1n) is 5.40. The number of halogens is 1. The molecule has 0 saturated heterocycles. The zero-order valence-corrected chi connectivity index (χ0v) is 10.5. The summed E-state index contributed by atoms with van der Waals surface area (Å²) in [7, 11) is 0. The molecular formula is C13H10ClN3O2.